The highest BCUT2D eigenvalue weighted by Crippen LogP contribution is 2.27. The van der Waals surface area contributed by atoms with Crippen LogP contribution in [0.1, 0.15) is 17.2 Å². The maximum Gasteiger partial charge on any atom is 0.108 e. The third-order valence-electron chi connectivity index (χ3n) is 3.18. The number of benzene rings is 2. The van der Waals surface area contributed by atoms with Gasteiger partial charge < -0.3 is 9.84 Å². The van der Waals surface area contributed by atoms with Crippen molar-refractivity contribution in [1.82, 2.24) is 0 Å². The Kier molecular flexibility index (Phi) is 5.61. The Labute approximate surface area is 132 Å². The van der Waals surface area contributed by atoms with Crippen LogP contribution in [0.2, 0.25) is 5.02 Å². The molecule has 0 aliphatic rings. The number of methoxy groups -OCH3 is 1. The van der Waals surface area contributed by atoms with E-state index >= 15 is 0 Å². The fourth-order valence-electron chi connectivity index (χ4n) is 2.18. The van der Waals surface area contributed by atoms with E-state index in [1.54, 1.807) is 7.11 Å². The van der Waals surface area contributed by atoms with Gasteiger partial charge in [-0.2, -0.15) is 0 Å². The van der Waals surface area contributed by atoms with Crippen LogP contribution >= 0.6 is 27.5 Å². The topological polar surface area (TPSA) is 29.5 Å². The van der Waals surface area contributed by atoms with Gasteiger partial charge in [-0.05, 0) is 23.3 Å². The molecule has 1 N–H and O–H groups in total. The van der Waals surface area contributed by atoms with E-state index in [4.69, 9.17) is 16.3 Å². The van der Waals surface area contributed by atoms with Crippen LogP contribution in [0.15, 0.2) is 53.0 Å². The number of hydrogen-bond donors (Lipinski definition) is 1. The molecule has 0 aliphatic heterocycles. The zero-order chi connectivity index (χ0) is 14.5. The fourth-order valence-corrected chi connectivity index (χ4v) is 2.93. The molecule has 2 rings (SSSR count). The number of ether oxygens (including phenoxy) is 1. The first-order valence-corrected chi connectivity index (χ1v) is 7.48. The van der Waals surface area contributed by atoms with Gasteiger partial charge in [0.15, 0.2) is 0 Å². The maximum absolute atomic E-state index is 10.4. The number of aliphatic hydroxyl groups excluding tert-OH is 1. The van der Waals surface area contributed by atoms with Gasteiger partial charge in [-0.1, -0.05) is 63.9 Å². The van der Waals surface area contributed by atoms with E-state index in [2.05, 4.69) is 15.9 Å². The Morgan fingerprint density at radius 3 is 2.50 bits per heavy atom. The largest absolute Gasteiger partial charge is 0.390 e. The van der Waals surface area contributed by atoms with Crippen LogP contribution in [0, 0.1) is 0 Å². The third-order valence-corrected chi connectivity index (χ3v) is 4.02. The van der Waals surface area contributed by atoms with E-state index < -0.39 is 6.10 Å². The first-order chi connectivity index (χ1) is 9.61. The van der Waals surface area contributed by atoms with E-state index in [-0.39, 0.29) is 6.10 Å². The monoisotopic (exact) mass is 354 g/mol. The third kappa shape index (κ3) is 3.83. The lowest BCUT2D eigenvalue weighted by Crippen LogP contribution is -2.22. The Balaban J connectivity index is 2.15. The normalized spacial score (nSPS) is 14.0. The molecule has 0 radical (unpaired) electrons. The zero-order valence-electron chi connectivity index (χ0n) is 11.1. The van der Waals surface area contributed by atoms with Crippen LogP contribution in [0.3, 0.4) is 0 Å². The van der Waals surface area contributed by atoms with Crippen molar-refractivity contribution in [3.05, 3.63) is 69.2 Å². The summed E-state index contributed by atoms with van der Waals surface area (Å²) >= 11 is 9.56. The van der Waals surface area contributed by atoms with Crippen molar-refractivity contribution in [3.63, 3.8) is 0 Å². The summed E-state index contributed by atoms with van der Waals surface area (Å²) in [5.74, 6) is 0. The smallest absolute Gasteiger partial charge is 0.108 e. The van der Waals surface area contributed by atoms with Gasteiger partial charge in [-0.3, -0.25) is 0 Å². The summed E-state index contributed by atoms with van der Waals surface area (Å²) in [5.41, 5.74) is 1.86. The van der Waals surface area contributed by atoms with Crippen molar-refractivity contribution in [2.75, 3.05) is 7.11 Å². The lowest BCUT2D eigenvalue weighted by atomic mass is 9.98. The predicted octanol–water partition coefficient (Wildman–Crippen LogP) is 4.39. The summed E-state index contributed by atoms with van der Waals surface area (Å²) in [7, 11) is 1.60. The Morgan fingerprint density at radius 1 is 1.20 bits per heavy atom. The molecule has 0 saturated heterocycles. The Hall–Kier alpha value is -0.870. The van der Waals surface area contributed by atoms with E-state index in [1.807, 2.05) is 48.5 Å². The fraction of sp³-hybridized carbons (Fsp3) is 0.250. The molecule has 0 saturated carbocycles. The Morgan fingerprint density at radius 2 is 1.90 bits per heavy atom. The second-order valence-corrected chi connectivity index (χ2v) is 5.90. The summed E-state index contributed by atoms with van der Waals surface area (Å²) in [6.07, 6.45) is -0.573. The van der Waals surface area contributed by atoms with Crippen LogP contribution < -0.4 is 0 Å². The minimum atomic E-state index is -0.652. The molecule has 0 amide bonds. The highest BCUT2D eigenvalue weighted by Gasteiger charge is 2.21. The standard InChI is InChI=1S/C16H16BrClO2/c1-20-16(11-5-3-2-4-6-11)15(19)9-12-7-8-13(17)10-14(12)18/h2-8,10,15-16,19H,9H2,1H3. The van der Waals surface area contributed by atoms with Crippen molar-refractivity contribution in [3.8, 4) is 0 Å². The number of halogens is 2. The van der Waals surface area contributed by atoms with Crippen LogP contribution in [0.5, 0.6) is 0 Å². The molecule has 2 aromatic rings. The van der Waals surface area contributed by atoms with E-state index in [0.29, 0.717) is 11.4 Å². The minimum Gasteiger partial charge on any atom is -0.390 e. The first-order valence-electron chi connectivity index (χ1n) is 6.31. The number of hydrogen-bond acceptors (Lipinski definition) is 2. The van der Waals surface area contributed by atoms with Crippen LogP contribution in [0.4, 0.5) is 0 Å². The number of aliphatic hydroxyl groups is 1. The second kappa shape index (κ2) is 7.23. The molecule has 20 heavy (non-hydrogen) atoms. The van der Waals surface area contributed by atoms with Crippen LogP contribution in [-0.2, 0) is 11.2 Å². The van der Waals surface area contributed by atoms with Gasteiger partial charge in [-0.25, -0.2) is 0 Å². The second-order valence-electron chi connectivity index (χ2n) is 4.57. The molecule has 0 spiro atoms. The predicted molar refractivity (Wildman–Crippen MR) is 85.1 cm³/mol. The van der Waals surface area contributed by atoms with Gasteiger partial charge in [0.25, 0.3) is 0 Å². The molecule has 0 fully saturated rings. The van der Waals surface area contributed by atoms with Crippen molar-refractivity contribution in [2.24, 2.45) is 0 Å². The average molecular weight is 356 g/mol. The molecule has 2 unspecified atom stereocenters. The van der Waals surface area contributed by atoms with Gasteiger partial charge in [0, 0.05) is 23.0 Å². The van der Waals surface area contributed by atoms with Crippen molar-refractivity contribution in [1.29, 1.82) is 0 Å². The lowest BCUT2D eigenvalue weighted by molar-refractivity contribution is -0.0128. The summed E-state index contributed by atoms with van der Waals surface area (Å²) in [6, 6.07) is 15.3. The van der Waals surface area contributed by atoms with E-state index in [9.17, 15) is 5.11 Å². The summed E-state index contributed by atoms with van der Waals surface area (Å²) in [4.78, 5) is 0. The van der Waals surface area contributed by atoms with Crippen molar-refractivity contribution in [2.45, 2.75) is 18.6 Å². The molecule has 0 heterocycles. The summed E-state index contributed by atoms with van der Waals surface area (Å²) in [5, 5.41) is 11.1. The van der Waals surface area contributed by atoms with E-state index in [0.717, 1.165) is 15.6 Å². The molecule has 2 atom stereocenters. The summed E-state index contributed by atoms with van der Waals surface area (Å²) < 4.78 is 6.35. The molecule has 4 heteroatoms. The summed E-state index contributed by atoms with van der Waals surface area (Å²) in [6.45, 7) is 0. The molecular weight excluding hydrogens is 340 g/mol. The highest BCUT2D eigenvalue weighted by atomic mass is 79.9. The molecule has 2 aromatic carbocycles. The highest BCUT2D eigenvalue weighted by molar-refractivity contribution is 9.10. The van der Waals surface area contributed by atoms with Gasteiger partial charge in [0.05, 0.1) is 6.10 Å². The SMILES string of the molecule is COC(c1ccccc1)C(O)Cc1ccc(Br)cc1Cl. The molecule has 0 aromatic heterocycles. The maximum atomic E-state index is 10.4. The van der Waals surface area contributed by atoms with Gasteiger partial charge in [-0.15, -0.1) is 0 Å². The minimum absolute atomic E-state index is 0.365. The van der Waals surface area contributed by atoms with Crippen LogP contribution in [-0.4, -0.2) is 18.3 Å². The zero-order valence-corrected chi connectivity index (χ0v) is 13.4. The van der Waals surface area contributed by atoms with E-state index in [1.165, 1.54) is 0 Å². The average Bonchev–Trinajstić information content (AvgIpc) is 2.44. The van der Waals surface area contributed by atoms with Gasteiger partial charge in [0.1, 0.15) is 6.10 Å². The molecule has 2 nitrogen and oxygen atoms in total. The number of rotatable bonds is 5. The van der Waals surface area contributed by atoms with Crippen LogP contribution in [0.25, 0.3) is 0 Å². The van der Waals surface area contributed by atoms with Gasteiger partial charge in [0.2, 0.25) is 0 Å². The first kappa shape index (κ1) is 15.5. The quantitative estimate of drug-likeness (QED) is 0.861. The van der Waals surface area contributed by atoms with Crippen molar-refractivity contribution >= 4 is 27.5 Å². The molecule has 106 valence electrons. The Bertz CT molecular complexity index is 560. The lowest BCUT2D eigenvalue weighted by Gasteiger charge is -2.22. The van der Waals surface area contributed by atoms with Crippen molar-refractivity contribution < 1.29 is 9.84 Å². The molecule has 0 bridgehead atoms. The van der Waals surface area contributed by atoms with Gasteiger partial charge >= 0.3 is 0 Å². The molecule has 0 aliphatic carbocycles. The molecular formula is C16H16BrClO2.